The zero-order chi connectivity index (χ0) is 12.6. The highest BCUT2D eigenvalue weighted by atomic mass is 16.4. The van der Waals surface area contributed by atoms with Crippen LogP contribution in [0.5, 0.6) is 0 Å². The molecule has 0 saturated heterocycles. The fraction of sp³-hybridized carbons (Fsp3) is 0.417. The highest BCUT2D eigenvalue weighted by Crippen LogP contribution is 2.21. The first-order valence-corrected chi connectivity index (χ1v) is 5.59. The number of hydrogen-bond acceptors (Lipinski definition) is 3. The molecule has 2 rings (SSSR count). The monoisotopic (exact) mass is 233 g/mol. The van der Waals surface area contributed by atoms with Crippen molar-refractivity contribution < 1.29 is 9.90 Å². The van der Waals surface area contributed by atoms with Gasteiger partial charge in [0.25, 0.3) is 0 Å². The van der Waals surface area contributed by atoms with Gasteiger partial charge in [0.1, 0.15) is 5.52 Å². The second kappa shape index (κ2) is 4.16. The summed E-state index contributed by atoms with van der Waals surface area (Å²) < 4.78 is 1.49. The summed E-state index contributed by atoms with van der Waals surface area (Å²) in [6.07, 6.45) is 0.487. The fourth-order valence-electron chi connectivity index (χ4n) is 1.88. The van der Waals surface area contributed by atoms with Crippen molar-refractivity contribution in [3.63, 3.8) is 0 Å². The van der Waals surface area contributed by atoms with E-state index in [0.29, 0.717) is 6.42 Å². The van der Waals surface area contributed by atoms with Crippen molar-refractivity contribution in [2.45, 2.75) is 33.2 Å². The van der Waals surface area contributed by atoms with Gasteiger partial charge in [-0.1, -0.05) is 12.1 Å². The van der Waals surface area contributed by atoms with Crippen molar-refractivity contribution in [3.8, 4) is 0 Å². The second-order valence-electron chi connectivity index (χ2n) is 4.22. The van der Waals surface area contributed by atoms with Gasteiger partial charge in [-0.2, -0.15) is 0 Å². The minimum Gasteiger partial charge on any atom is -0.480 e. The van der Waals surface area contributed by atoms with Gasteiger partial charge < -0.3 is 5.11 Å². The van der Waals surface area contributed by atoms with Crippen LogP contribution in [0.3, 0.4) is 0 Å². The number of carbonyl (C=O) groups is 1. The maximum Gasteiger partial charge on any atom is 0.328 e. The van der Waals surface area contributed by atoms with Crippen LogP contribution in [-0.2, 0) is 4.79 Å². The number of aliphatic carboxylic acids is 1. The number of nitrogens with zero attached hydrogens (tertiary/aromatic N) is 3. The Balaban J connectivity index is 2.63. The predicted octanol–water partition coefficient (Wildman–Crippen LogP) is 2.08. The van der Waals surface area contributed by atoms with Gasteiger partial charge in [0.2, 0.25) is 0 Å². The molecule has 0 aliphatic carbocycles. The Kier molecular flexibility index (Phi) is 2.83. The quantitative estimate of drug-likeness (QED) is 0.881. The van der Waals surface area contributed by atoms with E-state index in [1.807, 2.05) is 32.9 Å². The second-order valence-corrected chi connectivity index (χ2v) is 4.22. The Hall–Kier alpha value is -1.91. The van der Waals surface area contributed by atoms with Crippen LogP contribution in [0.1, 0.15) is 30.5 Å². The molecule has 5 heteroatoms. The molecule has 90 valence electrons. The van der Waals surface area contributed by atoms with E-state index in [0.717, 1.165) is 22.2 Å². The van der Waals surface area contributed by atoms with Crippen LogP contribution in [0, 0.1) is 13.8 Å². The average molecular weight is 233 g/mol. The molecule has 2 aromatic rings. The molecule has 17 heavy (non-hydrogen) atoms. The van der Waals surface area contributed by atoms with E-state index < -0.39 is 12.0 Å². The topological polar surface area (TPSA) is 68.0 Å². The van der Waals surface area contributed by atoms with Crippen LogP contribution in [0.25, 0.3) is 11.0 Å². The van der Waals surface area contributed by atoms with Gasteiger partial charge in [-0.25, -0.2) is 9.48 Å². The molecular formula is C12H15N3O2. The van der Waals surface area contributed by atoms with Crippen molar-refractivity contribution in [1.29, 1.82) is 0 Å². The first kappa shape index (κ1) is 11.6. The SMILES string of the molecule is CCC(C(=O)O)n1nnc2cc(C)c(C)cc21. The molecule has 0 aliphatic rings. The van der Waals surface area contributed by atoms with E-state index in [1.165, 1.54) is 4.68 Å². The van der Waals surface area contributed by atoms with Crippen molar-refractivity contribution in [2.24, 2.45) is 0 Å². The molecule has 5 nitrogen and oxygen atoms in total. The number of carboxylic acid groups (broad SMARTS) is 1. The molecule has 0 aliphatic heterocycles. The highest BCUT2D eigenvalue weighted by molar-refractivity contribution is 5.80. The third-order valence-electron chi connectivity index (χ3n) is 3.05. The van der Waals surface area contributed by atoms with Crippen LogP contribution in [0.4, 0.5) is 0 Å². The Labute approximate surface area is 99.1 Å². The molecule has 1 aromatic carbocycles. The van der Waals surface area contributed by atoms with E-state index in [9.17, 15) is 4.79 Å². The van der Waals surface area contributed by atoms with Crippen molar-refractivity contribution in [2.75, 3.05) is 0 Å². The molecule has 0 saturated carbocycles. The zero-order valence-electron chi connectivity index (χ0n) is 10.1. The summed E-state index contributed by atoms with van der Waals surface area (Å²) in [5, 5.41) is 17.1. The lowest BCUT2D eigenvalue weighted by Gasteiger charge is -2.10. The Morgan fingerprint density at radius 1 is 1.41 bits per heavy atom. The van der Waals surface area contributed by atoms with E-state index in [4.69, 9.17) is 5.11 Å². The van der Waals surface area contributed by atoms with Crippen molar-refractivity contribution in [1.82, 2.24) is 15.0 Å². The van der Waals surface area contributed by atoms with Gasteiger partial charge in [-0.3, -0.25) is 0 Å². The number of hydrogen-bond donors (Lipinski definition) is 1. The fourth-order valence-corrected chi connectivity index (χ4v) is 1.88. The molecule has 1 unspecified atom stereocenters. The van der Waals surface area contributed by atoms with Crippen LogP contribution in [-0.4, -0.2) is 26.1 Å². The average Bonchev–Trinajstić information content (AvgIpc) is 2.63. The lowest BCUT2D eigenvalue weighted by Crippen LogP contribution is -2.19. The highest BCUT2D eigenvalue weighted by Gasteiger charge is 2.21. The largest absolute Gasteiger partial charge is 0.480 e. The molecule has 1 heterocycles. The molecule has 0 amide bonds. The summed E-state index contributed by atoms with van der Waals surface area (Å²) in [4.78, 5) is 11.1. The van der Waals surface area contributed by atoms with E-state index in [1.54, 1.807) is 0 Å². The van der Waals surface area contributed by atoms with Gasteiger partial charge in [0.15, 0.2) is 6.04 Å². The first-order valence-electron chi connectivity index (χ1n) is 5.59. The summed E-state index contributed by atoms with van der Waals surface area (Å²) in [5.41, 5.74) is 3.77. The minimum absolute atomic E-state index is 0.487. The van der Waals surface area contributed by atoms with E-state index in [-0.39, 0.29) is 0 Å². The van der Waals surface area contributed by atoms with Crippen LogP contribution >= 0.6 is 0 Å². The maximum atomic E-state index is 11.1. The minimum atomic E-state index is -0.877. The molecule has 1 N–H and O–H groups in total. The van der Waals surface area contributed by atoms with Crippen molar-refractivity contribution >= 4 is 17.0 Å². The maximum absolute atomic E-state index is 11.1. The summed E-state index contributed by atoms with van der Waals surface area (Å²) >= 11 is 0. The van der Waals surface area contributed by atoms with Gasteiger partial charge in [0, 0.05) is 0 Å². The van der Waals surface area contributed by atoms with E-state index >= 15 is 0 Å². The number of aromatic nitrogens is 3. The number of rotatable bonds is 3. The van der Waals surface area contributed by atoms with Gasteiger partial charge in [-0.15, -0.1) is 5.10 Å². The Bertz CT molecular complexity index is 574. The summed E-state index contributed by atoms with van der Waals surface area (Å²) in [6.45, 7) is 5.82. The number of benzene rings is 1. The van der Waals surface area contributed by atoms with Crippen molar-refractivity contribution in [3.05, 3.63) is 23.3 Å². The lowest BCUT2D eigenvalue weighted by atomic mass is 10.1. The zero-order valence-corrected chi connectivity index (χ0v) is 10.1. The summed E-state index contributed by atoms with van der Waals surface area (Å²) in [7, 11) is 0. The van der Waals surface area contributed by atoms with Gasteiger partial charge in [-0.05, 0) is 43.5 Å². The molecule has 1 atom stereocenters. The molecule has 1 aromatic heterocycles. The van der Waals surface area contributed by atoms with Crippen LogP contribution < -0.4 is 0 Å². The lowest BCUT2D eigenvalue weighted by molar-refractivity contribution is -0.141. The van der Waals surface area contributed by atoms with E-state index in [2.05, 4.69) is 10.3 Å². The predicted molar refractivity (Wildman–Crippen MR) is 64.0 cm³/mol. The third kappa shape index (κ3) is 1.88. The summed E-state index contributed by atoms with van der Waals surface area (Å²) in [6, 6.07) is 3.22. The first-order chi connectivity index (χ1) is 8.04. The molecular weight excluding hydrogens is 218 g/mol. The normalized spacial score (nSPS) is 12.9. The number of fused-ring (bicyclic) bond motifs is 1. The van der Waals surface area contributed by atoms with Gasteiger partial charge in [0.05, 0.1) is 5.52 Å². The molecule has 0 bridgehead atoms. The standard InChI is InChI=1S/C12H15N3O2/c1-4-10(12(16)17)15-11-6-8(3)7(2)5-9(11)13-14-15/h5-6,10H,4H2,1-3H3,(H,16,17). The van der Waals surface area contributed by atoms with Crippen LogP contribution in [0.15, 0.2) is 12.1 Å². The summed E-state index contributed by atoms with van der Waals surface area (Å²) in [5.74, 6) is -0.877. The molecule has 0 radical (unpaired) electrons. The van der Waals surface area contributed by atoms with Crippen LogP contribution in [0.2, 0.25) is 0 Å². The molecule has 0 fully saturated rings. The number of carboxylic acids is 1. The molecule has 0 spiro atoms. The smallest absolute Gasteiger partial charge is 0.328 e. The van der Waals surface area contributed by atoms with Gasteiger partial charge >= 0.3 is 5.97 Å². The number of aryl methyl sites for hydroxylation is 2. The third-order valence-corrected chi connectivity index (χ3v) is 3.05. The Morgan fingerprint density at radius 2 is 2.06 bits per heavy atom. The Morgan fingerprint density at radius 3 is 2.65 bits per heavy atom.